The zero-order valence-electron chi connectivity index (χ0n) is 13.7. The van der Waals surface area contributed by atoms with Crippen LogP contribution in [0.2, 0.25) is 0 Å². The van der Waals surface area contributed by atoms with E-state index < -0.39 is 0 Å². The van der Waals surface area contributed by atoms with E-state index in [1.807, 2.05) is 18.2 Å². The highest BCUT2D eigenvalue weighted by Crippen LogP contribution is 2.23. The standard InChI is InChI=1S/C19H19FN4O/c20-15-4-6-16(7-5-15)23-11-9-14(13-23)12-21-19(25)18-3-1-2-17-8-10-22-24(17)18/h1-8,10,14H,9,11-13H2,(H,21,25). The molecular weight excluding hydrogens is 319 g/mol. The first kappa shape index (κ1) is 15.6. The third-order valence-electron chi connectivity index (χ3n) is 4.68. The van der Waals surface area contributed by atoms with E-state index in [4.69, 9.17) is 0 Å². The van der Waals surface area contributed by atoms with Crippen molar-refractivity contribution in [2.75, 3.05) is 24.5 Å². The van der Waals surface area contributed by atoms with Gasteiger partial charge in [-0.25, -0.2) is 8.91 Å². The minimum atomic E-state index is -0.223. The van der Waals surface area contributed by atoms with E-state index in [9.17, 15) is 9.18 Å². The molecule has 1 fully saturated rings. The lowest BCUT2D eigenvalue weighted by molar-refractivity contribution is 0.0941. The Labute approximate surface area is 145 Å². The highest BCUT2D eigenvalue weighted by Gasteiger charge is 2.23. The average molecular weight is 338 g/mol. The van der Waals surface area contributed by atoms with Gasteiger partial charge in [0.1, 0.15) is 11.5 Å². The molecule has 0 bridgehead atoms. The predicted octanol–water partition coefficient (Wildman–Crippen LogP) is 2.73. The molecule has 1 unspecified atom stereocenters. The minimum Gasteiger partial charge on any atom is -0.371 e. The summed E-state index contributed by atoms with van der Waals surface area (Å²) >= 11 is 0. The number of amides is 1. The first-order valence-corrected chi connectivity index (χ1v) is 8.42. The number of hydrogen-bond acceptors (Lipinski definition) is 3. The Kier molecular flexibility index (Phi) is 4.09. The summed E-state index contributed by atoms with van der Waals surface area (Å²) in [5.74, 6) is 0.0416. The zero-order chi connectivity index (χ0) is 17.2. The van der Waals surface area contributed by atoms with Gasteiger partial charge in [0, 0.05) is 25.3 Å². The number of halogens is 1. The Morgan fingerprint density at radius 3 is 2.88 bits per heavy atom. The molecule has 3 aromatic rings. The molecule has 1 atom stereocenters. The molecular formula is C19H19FN4O. The van der Waals surface area contributed by atoms with Gasteiger partial charge < -0.3 is 10.2 Å². The van der Waals surface area contributed by atoms with Gasteiger partial charge in [-0.05, 0) is 54.8 Å². The summed E-state index contributed by atoms with van der Waals surface area (Å²) in [5.41, 5.74) is 2.46. The first-order chi connectivity index (χ1) is 12.2. The second-order valence-corrected chi connectivity index (χ2v) is 6.37. The number of aromatic nitrogens is 2. The Hall–Kier alpha value is -2.89. The van der Waals surface area contributed by atoms with Crippen LogP contribution in [0.15, 0.2) is 54.7 Å². The monoisotopic (exact) mass is 338 g/mol. The van der Waals surface area contributed by atoms with Crippen molar-refractivity contribution in [2.24, 2.45) is 5.92 Å². The number of pyridine rings is 1. The summed E-state index contributed by atoms with van der Waals surface area (Å²) in [6, 6.07) is 14.0. The van der Waals surface area contributed by atoms with Crippen LogP contribution < -0.4 is 10.2 Å². The molecule has 5 nitrogen and oxygen atoms in total. The lowest BCUT2D eigenvalue weighted by Crippen LogP contribution is -2.32. The van der Waals surface area contributed by atoms with Gasteiger partial charge >= 0.3 is 0 Å². The molecule has 0 aliphatic carbocycles. The number of benzene rings is 1. The molecule has 1 amide bonds. The Balaban J connectivity index is 1.37. The van der Waals surface area contributed by atoms with Gasteiger partial charge in [0.05, 0.1) is 11.7 Å². The lowest BCUT2D eigenvalue weighted by Gasteiger charge is -2.19. The number of nitrogens with zero attached hydrogens (tertiary/aromatic N) is 3. The van der Waals surface area contributed by atoms with E-state index in [0.29, 0.717) is 18.2 Å². The molecule has 1 aliphatic rings. The molecule has 128 valence electrons. The van der Waals surface area contributed by atoms with Crippen LogP contribution in [-0.4, -0.2) is 35.2 Å². The Morgan fingerprint density at radius 2 is 2.04 bits per heavy atom. The fourth-order valence-electron chi connectivity index (χ4n) is 3.33. The van der Waals surface area contributed by atoms with Crippen LogP contribution in [0.1, 0.15) is 16.9 Å². The summed E-state index contributed by atoms with van der Waals surface area (Å²) in [6.45, 7) is 2.40. The second-order valence-electron chi connectivity index (χ2n) is 6.37. The Morgan fingerprint density at radius 1 is 1.20 bits per heavy atom. The highest BCUT2D eigenvalue weighted by atomic mass is 19.1. The van der Waals surface area contributed by atoms with Gasteiger partial charge in [-0.15, -0.1) is 0 Å². The van der Waals surface area contributed by atoms with Gasteiger partial charge in [-0.2, -0.15) is 5.10 Å². The molecule has 2 aromatic heterocycles. The molecule has 1 aromatic carbocycles. The molecule has 1 N–H and O–H groups in total. The normalized spacial score (nSPS) is 17.2. The minimum absolute atomic E-state index is 0.116. The largest absolute Gasteiger partial charge is 0.371 e. The van der Waals surface area contributed by atoms with Gasteiger partial charge in [0.25, 0.3) is 5.91 Å². The van der Waals surface area contributed by atoms with Crippen LogP contribution in [0.4, 0.5) is 10.1 Å². The summed E-state index contributed by atoms with van der Waals surface area (Å²) in [4.78, 5) is 14.7. The van der Waals surface area contributed by atoms with Crippen molar-refractivity contribution in [3.8, 4) is 0 Å². The maximum atomic E-state index is 13.0. The third-order valence-corrected chi connectivity index (χ3v) is 4.68. The van der Waals surface area contributed by atoms with E-state index >= 15 is 0 Å². The number of fused-ring (bicyclic) bond motifs is 1. The van der Waals surface area contributed by atoms with Crippen molar-refractivity contribution in [3.05, 3.63) is 66.2 Å². The average Bonchev–Trinajstić information content (AvgIpc) is 3.29. The number of carbonyl (C=O) groups is 1. The summed E-state index contributed by atoms with van der Waals surface area (Å²) < 4.78 is 14.7. The van der Waals surface area contributed by atoms with Crippen LogP contribution in [0.5, 0.6) is 0 Å². The second kappa shape index (κ2) is 6.55. The number of anilines is 1. The van der Waals surface area contributed by atoms with Gasteiger partial charge in [0.2, 0.25) is 0 Å². The highest BCUT2D eigenvalue weighted by molar-refractivity contribution is 5.93. The zero-order valence-corrected chi connectivity index (χ0v) is 13.7. The topological polar surface area (TPSA) is 49.6 Å². The van der Waals surface area contributed by atoms with Crippen molar-refractivity contribution in [1.82, 2.24) is 14.9 Å². The van der Waals surface area contributed by atoms with Gasteiger partial charge in [0.15, 0.2) is 0 Å². The van der Waals surface area contributed by atoms with Gasteiger partial charge in [-0.1, -0.05) is 6.07 Å². The molecule has 0 spiro atoms. The van der Waals surface area contributed by atoms with Crippen LogP contribution in [0, 0.1) is 11.7 Å². The van der Waals surface area contributed by atoms with E-state index in [1.165, 1.54) is 12.1 Å². The molecule has 0 radical (unpaired) electrons. The molecule has 4 rings (SSSR count). The molecule has 0 saturated carbocycles. The molecule has 1 saturated heterocycles. The van der Waals surface area contributed by atoms with E-state index in [-0.39, 0.29) is 11.7 Å². The van der Waals surface area contributed by atoms with Crippen LogP contribution >= 0.6 is 0 Å². The number of rotatable bonds is 4. The van der Waals surface area contributed by atoms with E-state index in [1.54, 1.807) is 28.9 Å². The fourth-order valence-corrected chi connectivity index (χ4v) is 3.33. The third kappa shape index (κ3) is 3.20. The van der Waals surface area contributed by atoms with Crippen LogP contribution in [0.3, 0.4) is 0 Å². The Bertz CT molecular complexity index is 890. The molecule has 1 aliphatic heterocycles. The van der Waals surface area contributed by atoms with Crippen molar-refractivity contribution >= 4 is 17.1 Å². The summed E-state index contributed by atoms with van der Waals surface area (Å²) in [5, 5.41) is 7.21. The SMILES string of the molecule is O=C(NCC1CCN(c2ccc(F)cc2)C1)c1cccc2ccnn12. The van der Waals surface area contributed by atoms with Crippen molar-refractivity contribution in [2.45, 2.75) is 6.42 Å². The lowest BCUT2D eigenvalue weighted by atomic mass is 10.1. The predicted molar refractivity (Wildman–Crippen MR) is 94.2 cm³/mol. The van der Waals surface area contributed by atoms with E-state index in [2.05, 4.69) is 15.3 Å². The quantitative estimate of drug-likeness (QED) is 0.796. The fraction of sp³-hybridized carbons (Fsp3) is 0.263. The molecule has 25 heavy (non-hydrogen) atoms. The molecule has 6 heteroatoms. The van der Waals surface area contributed by atoms with E-state index in [0.717, 1.165) is 30.7 Å². The van der Waals surface area contributed by atoms with Crippen LogP contribution in [0.25, 0.3) is 5.52 Å². The summed E-state index contributed by atoms with van der Waals surface area (Å²) in [7, 11) is 0. The maximum Gasteiger partial charge on any atom is 0.269 e. The number of nitrogens with one attached hydrogen (secondary N) is 1. The number of hydrogen-bond donors (Lipinski definition) is 1. The maximum absolute atomic E-state index is 13.0. The molecule has 3 heterocycles. The van der Waals surface area contributed by atoms with Crippen molar-refractivity contribution < 1.29 is 9.18 Å². The smallest absolute Gasteiger partial charge is 0.269 e. The summed E-state index contributed by atoms with van der Waals surface area (Å²) in [6.07, 6.45) is 2.69. The van der Waals surface area contributed by atoms with Crippen molar-refractivity contribution in [3.63, 3.8) is 0 Å². The number of carbonyl (C=O) groups excluding carboxylic acids is 1. The van der Waals surface area contributed by atoms with Crippen LogP contribution in [-0.2, 0) is 0 Å². The first-order valence-electron chi connectivity index (χ1n) is 8.42. The van der Waals surface area contributed by atoms with Crippen molar-refractivity contribution in [1.29, 1.82) is 0 Å². The van der Waals surface area contributed by atoms with Gasteiger partial charge in [-0.3, -0.25) is 4.79 Å².